The van der Waals surface area contributed by atoms with E-state index in [1.165, 1.54) is 0 Å². The first-order valence-electron chi connectivity index (χ1n) is 6.08. The lowest BCUT2D eigenvalue weighted by atomic mass is 9.98. The van der Waals surface area contributed by atoms with Crippen LogP contribution in [0.15, 0.2) is 18.2 Å². The predicted molar refractivity (Wildman–Crippen MR) is 74.6 cm³/mol. The highest BCUT2D eigenvalue weighted by atomic mass is 35.5. The number of rotatable bonds is 2. The Kier molecular flexibility index (Phi) is 3.79. The first-order chi connectivity index (χ1) is 8.06. The van der Waals surface area contributed by atoms with Crippen LogP contribution in [0.1, 0.15) is 19.8 Å². The molecule has 0 bridgehead atoms. The third-order valence-electron chi connectivity index (χ3n) is 3.58. The van der Waals surface area contributed by atoms with E-state index in [-0.39, 0.29) is 0 Å². The number of nitrogens with zero attached hydrogens (tertiary/aromatic N) is 1. The Bertz CT molecular complexity index is 394. The van der Waals surface area contributed by atoms with Crippen molar-refractivity contribution in [2.75, 3.05) is 24.6 Å². The molecule has 0 aromatic heterocycles. The number of halogens is 1. The Morgan fingerprint density at radius 2 is 2.24 bits per heavy atom. The van der Waals surface area contributed by atoms with Crippen LogP contribution in [0, 0.1) is 0 Å². The molecule has 1 aromatic carbocycles. The molecular weight excluding hydrogens is 234 g/mol. The molecule has 0 aliphatic carbocycles. The Labute approximate surface area is 108 Å². The van der Waals surface area contributed by atoms with Crippen LogP contribution in [-0.2, 0) is 0 Å². The molecular formula is C13H20ClN3. The lowest BCUT2D eigenvalue weighted by molar-refractivity contribution is 0.190. The van der Waals surface area contributed by atoms with Crippen molar-refractivity contribution in [3.8, 4) is 0 Å². The summed E-state index contributed by atoms with van der Waals surface area (Å²) in [5, 5.41) is 4.23. The van der Waals surface area contributed by atoms with Gasteiger partial charge in [-0.05, 0) is 45.0 Å². The summed E-state index contributed by atoms with van der Waals surface area (Å²) in [6.45, 7) is 3.38. The van der Waals surface area contributed by atoms with Gasteiger partial charge in [0.05, 0.1) is 11.4 Å². The van der Waals surface area contributed by atoms with Crippen molar-refractivity contribution in [3.05, 3.63) is 23.2 Å². The molecule has 2 atom stereocenters. The van der Waals surface area contributed by atoms with Crippen molar-refractivity contribution in [2.45, 2.75) is 31.8 Å². The van der Waals surface area contributed by atoms with Gasteiger partial charge in [0.25, 0.3) is 0 Å². The molecule has 94 valence electrons. The smallest absolute Gasteiger partial charge is 0.0591 e. The van der Waals surface area contributed by atoms with Gasteiger partial charge in [-0.3, -0.25) is 0 Å². The van der Waals surface area contributed by atoms with Gasteiger partial charge in [0.2, 0.25) is 0 Å². The van der Waals surface area contributed by atoms with Gasteiger partial charge in [0.15, 0.2) is 0 Å². The molecule has 1 aromatic rings. The Morgan fingerprint density at radius 3 is 2.94 bits per heavy atom. The SMILES string of the molecule is CC1CC(Nc2cc(Cl)ccc2N)CCN1C. The van der Waals surface area contributed by atoms with Gasteiger partial charge in [-0.1, -0.05) is 11.6 Å². The highest BCUT2D eigenvalue weighted by Crippen LogP contribution is 2.26. The van der Waals surface area contributed by atoms with Crippen LogP contribution < -0.4 is 11.1 Å². The molecule has 0 radical (unpaired) electrons. The molecule has 4 heteroatoms. The zero-order valence-corrected chi connectivity index (χ0v) is 11.2. The van der Waals surface area contributed by atoms with E-state index in [0.29, 0.717) is 12.1 Å². The molecule has 1 aliphatic rings. The first kappa shape index (κ1) is 12.5. The van der Waals surface area contributed by atoms with Gasteiger partial charge >= 0.3 is 0 Å². The van der Waals surface area contributed by atoms with Crippen molar-refractivity contribution in [3.63, 3.8) is 0 Å². The van der Waals surface area contributed by atoms with Crippen molar-refractivity contribution < 1.29 is 0 Å². The van der Waals surface area contributed by atoms with Crippen LogP contribution in [0.4, 0.5) is 11.4 Å². The second-order valence-corrected chi connectivity index (χ2v) is 5.36. The summed E-state index contributed by atoms with van der Waals surface area (Å²) in [4.78, 5) is 2.39. The maximum absolute atomic E-state index is 5.98. The van der Waals surface area contributed by atoms with E-state index < -0.39 is 0 Å². The fraction of sp³-hybridized carbons (Fsp3) is 0.538. The minimum atomic E-state index is 0.488. The summed E-state index contributed by atoms with van der Waals surface area (Å²) in [6, 6.07) is 6.67. The number of nitrogen functional groups attached to an aromatic ring is 1. The molecule has 0 spiro atoms. The average molecular weight is 254 g/mol. The maximum Gasteiger partial charge on any atom is 0.0591 e. The fourth-order valence-corrected chi connectivity index (χ4v) is 2.47. The molecule has 1 aliphatic heterocycles. The van der Waals surface area contributed by atoms with E-state index in [1.54, 1.807) is 0 Å². The van der Waals surface area contributed by atoms with Gasteiger partial charge in [-0.2, -0.15) is 0 Å². The largest absolute Gasteiger partial charge is 0.397 e. The molecule has 2 rings (SSSR count). The Hall–Kier alpha value is -0.930. The lowest BCUT2D eigenvalue weighted by Crippen LogP contribution is -2.42. The summed E-state index contributed by atoms with van der Waals surface area (Å²) in [5.41, 5.74) is 7.66. The molecule has 0 saturated carbocycles. The van der Waals surface area contributed by atoms with Crippen LogP contribution in [0.2, 0.25) is 5.02 Å². The number of benzene rings is 1. The lowest BCUT2D eigenvalue weighted by Gasteiger charge is -2.36. The van der Waals surface area contributed by atoms with Gasteiger partial charge in [0.1, 0.15) is 0 Å². The number of piperidine rings is 1. The van der Waals surface area contributed by atoms with Crippen LogP contribution in [-0.4, -0.2) is 30.6 Å². The standard InChI is InChI=1S/C13H20ClN3/c1-9-7-11(5-6-17(9)2)16-13-8-10(14)3-4-12(13)15/h3-4,8-9,11,16H,5-7,15H2,1-2H3. The highest BCUT2D eigenvalue weighted by molar-refractivity contribution is 6.31. The van der Waals surface area contributed by atoms with E-state index in [1.807, 2.05) is 18.2 Å². The van der Waals surface area contributed by atoms with E-state index in [2.05, 4.69) is 24.2 Å². The number of nitrogens with one attached hydrogen (secondary N) is 1. The normalized spacial score (nSPS) is 25.8. The summed E-state index contributed by atoms with van der Waals surface area (Å²) in [6.07, 6.45) is 2.29. The molecule has 0 amide bonds. The molecule has 3 N–H and O–H groups in total. The van der Waals surface area contributed by atoms with Crippen molar-refractivity contribution in [2.24, 2.45) is 0 Å². The van der Waals surface area contributed by atoms with Gasteiger partial charge < -0.3 is 16.0 Å². The van der Waals surface area contributed by atoms with Crippen molar-refractivity contribution in [1.82, 2.24) is 4.90 Å². The van der Waals surface area contributed by atoms with E-state index >= 15 is 0 Å². The fourth-order valence-electron chi connectivity index (χ4n) is 2.29. The van der Waals surface area contributed by atoms with Crippen LogP contribution in [0.25, 0.3) is 0 Å². The van der Waals surface area contributed by atoms with Crippen molar-refractivity contribution in [1.29, 1.82) is 0 Å². The second kappa shape index (κ2) is 5.15. The van der Waals surface area contributed by atoms with E-state index in [9.17, 15) is 0 Å². The number of anilines is 2. The van der Waals surface area contributed by atoms with E-state index in [4.69, 9.17) is 17.3 Å². The van der Waals surface area contributed by atoms with Crippen molar-refractivity contribution >= 4 is 23.0 Å². The Morgan fingerprint density at radius 1 is 1.47 bits per heavy atom. The van der Waals surface area contributed by atoms with Crippen LogP contribution in [0.5, 0.6) is 0 Å². The molecule has 17 heavy (non-hydrogen) atoms. The quantitative estimate of drug-likeness (QED) is 0.797. The topological polar surface area (TPSA) is 41.3 Å². The van der Waals surface area contributed by atoms with Crippen LogP contribution >= 0.6 is 11.6 Å². The molecule has 1 fully saturated rings. The van der Waals surface area contributed by atoms with Gasteiger partial charge in [-0.15, -0.1) is 0 Å². The second-order valence-electron chi connectivity index (χ2n) is 4.93. The summed E-state index contributed by atoms with van der Waals surface area (Å²) >= 11 is 5.98. The highest BCUT2D eigenvalue weighted by Gasteiger charge is 2.22. The first-order valence-corrected chi connectivity index (χ1v) is 6.46. The monoisotopic (exact) mass is 253 g/mol. The van der Waals surface area contributed by atoms with Gasteiger partial charge in [0, 0.05) is 23.7 Å². The Balaban J connectivity index is 2.03. The number of hydrogen-bond acceptors (Lipinski definition) is 3. The predicted octanol–water partition coefficient (Wildman–Crippen LogP) is 2.82. The summed E-state index contributed by atoms with van der Waals surface area (Å²) in [5.74, 6) is 0. The average Bonchev–Trinajstić information content (AvgIpc) is 2.29. The summed E-state index contributed by atoms with van der Waals surface area (Å²) < 4.78 is 0. The molecule has 1 saturated heterocycles. The van der Waals surface area contributed by atoms with Crippen LogP contribution in [0.3, 0.4) is 0 Å². The minimum absolute atomic E-state index is 0.488. The summed E-state index contributed by atoms with van der Waals surface area (Å²) in [7, 11) is 2.18. The van der Waals surface area contributed by atoms with E-state index in [0.717, 1.165) is 35.8 Å². The number of likely N-dealkylation sites (tertiary alicyclic amines) is 1. The number of nitrogens with two attached hydrogens (primary N) is 1. The molecule has 2 unspecified atom stereocenters. The van der Waals surface area contributed by atoms with Gasteiger partial charge in [-0.25, -0.2) is 0 Å². The third-order valence-corrected chi connectivity index (χ3v) is 3.82. The number of hydrogen-bond donors (Lipinski definition) is 2. The zero-order chi connectivity index (χ0) is 12.4. The zero-order valence-electron chi connectivity index (χ0n) is 10.4. The molecule has 1 heterocycles. The molecule has 3 nitrogen and oxygen atoms in total. The maximum atomic E-state index is 5.98. The third kappa shape index (κ3) is 3.05. The minimum Gasteiger partial charge on any atom is -0.397 e.